The normalized spacial score (nSPS) is 49.9. The molecular weight excluding hydrogens is 304 g/mol. The number of hydrogen-bond donors (Lipinski definition) is 3. The third-order valence-electron chi connectivity index (χ3n) is 6.97. The van der Waals surface area contributed by atoms with E-state index in [1.807, 2.05) is 26.0 Å². The Hall–Kier alpha value is -1.23. The van der Waals surface area contributed by atoms with E-state index in [-0.39, 0.29) is 11.2 Å². The molecule has 0 aromatic rings. The third kappa shape index (κ3) is 1.94. The van der Waals surface area contributed by atoms with Crippen molar-refractivity contribution < 1.29 is 20.1 Å². The molecule has 132 valence electrons. The number of carbonyl (C=O) groups excluding carboxylic acids is 1. The average molecular weight is 332 g/mol. The Morgan fingerprint density at radius 1 is 1.21 bits per heavy atom. The fourth-order valence-electron chi connectivity index (χ4n) is 5.23. The summed E-state index contributed by atoms with van der Waals surface area (Å²) in [5.41, 5.74) is -2.83. The van der Waals surface area contributed by atoms with Crippen molar-refractivity contribution in [2.75, 3.05) is 0 Å². The van der Waals surface area contributed by atoms with Gasteiger partial charge in [-0.15, -0.1) is 6.58 Å². The van der Waals surface area contributed by atoms with Gasteiger partial charge in [0.05, 0.1) is 11.7 Å². The highest BCUT2D eigenvalue weighted by atomic mass is 16.3. The lowest BCUT2D eigenvalue weighted by Crippen LogP contribution is -2.69. The molecule has 24 heavy (non-hydrogen) atoms. The van der Waals surface area contributed by atoms with Crippen molar-refractivity contribution in [2.24, 2.45) is 22.2 Å². The van der Waals surface area contributed by atoms with Crippen molar-refractivity contribution in [3.63, 3.8) is 0 Å². The molecule has 0 heterocycles. The molecule has 0 bridgehead atoms. The molecule has 4 nitrogen and oxygen atoms in total. The Labute approximate surface area is 143 Å². The Kier molecular flexibility index (Phi) is 3.59. The quantitative estimate of drug-likeness (QED) is 0.643. The number of aliphatic hydroxyl groups is 3. The van der Waals surface area contributed by atoms with Crippen molar-refractivity contribution in [3.05, 3.63) is 36.5 Å². The SMILES string of the molecule is C=C[C@]1(C)C=C2[C@@H](O)[C@@H](O)[C@H]3C(C)(C)C(=O)C=C[C@]3(C)[C@@]2(O)CC1. The van der Waals surface area contributed by atoms with Crippen LogP contribution in [0, 0.1) is 22.2 Å². The van der Waals surface area contributed by atoms with Gasteiger partial charge in [0.25, 0.3) is 0 Å². The van der Waals surface area contributed by atoms with E-state index in [4.69, 9.17) is 0 Å². The van der Waals surface area contributed by atoms with Crippen molar-refractivity contribution in [3.8, 4) is 0 Å². The van der Waals surface area contributed by atoms with Gasteiger partial charge in [-0.2, -0.15) is 0 Å². The minimum atomic E-state index is -1.28. The molecule has 0 saturated heterocycles. The fourth-order valence-corrected chi connectivity index (χ4v) is 5.23. The summed E-state index contributed by atoms with van der Waals surface area (Å²) in [6.07, 6.45) is 5.79. The van der Waals surface area contributed by atoms with Crippen LogP contribution in [0.2, 0.25) is 0 Å². The van der Waals surface area contributed by atoms with Crippen LogP contribution in [-0.4, -0.2) is 38.9 Å². The van der Waals surface area contributed by atoms with Crippen LogP contribution >= 0.6 is 0 Å². The van der Waals surface area contributed by atoms with Crippen LogP contribution in [0.1, 0.15) is 40.5 Å². The predicted octanol–water partition coefficient (Wildman–Crippen LogP) is 2.15. The van der Waals surface area contributed by atoms with Gasteiger partial charge in [-0.25, -0.2) is 0 Å². The van der Waals surface area contributed by atoms with Gasteiger partial charge < -0.3 is 15.3 Å². The zero-order valence-electron chi connectivity index (χ0n) is 14.9. The standard InChI is InChI=1S/C20H28O4/c1-6-18(4)9-10-20(24)12(11-18)14(22)15(23)16-17(2,3)13(21)7-8-19(16,20)5/h6-8,11,14-16,22-24H,1,9-10H2,2-5H3/t14-,15-,16+,18+,19+,20-/m1/s1. The fraction of sp³-hybridized carbons (Fsp3) is 0.650. The predicted molar refractivity (Wildman–Crippen MR) is 92.1 cm³/mol. The van der Waals surface area contributed by atoms with E-state index < -0.39 is 34.6 Å². The molecule has 0 aromatic heterocycles. The van der Waals surface area contributed by atoms with Crippen LogP contribution in [0.4, 0.5) is 0 Å². The molecule has 1 saturated carbocycles. The maximum Gasteiger partial charge on any atom is 0.161 e. The number of carbonyl (C=O) groups is 1. The van der Waals surface area contributed by atoms with Gasteiger partial charge in [0.2, 0.25) is 0 Å². The Morgan fingerprint density at radius 3 is 2.42 bits per heavy atom. The molecule has 0 amide bonds. The van der Waals surface area contributed by atoms with Gasteiger partial charge in [-0.3, -0.25) is 4.79 Å². The molecule has 1 fully saturated rings. The Balaban J connectivity index is 2.25. The van der Waals surface area contributed by atoms with E-state index in [1.54, 1.807) is 19.9 Å². The molecule has 0 spiro atoms. The zero-order valence-corrected chi connectivity index (χ0v) is 14.9. The Morgan fingerprint density at radius 2 is 1.83 bits per heavy atom. The number of hydrogen-bond acceptors (Lipinski definition) is 4. The van der Waals surface area contributed by atoms with Crippen molar-refractivity contribution in [2.45, 2.75) is 58.3 Å². The Bertz CT molecular complexity index is 661. The highest BCUT2D eigenvalue weighted by Gasteiger charge is 2.67. The summed E-state index contributed by atoms with van der Waals surface area (Å²) >= 11 is 0. The van der Waals surface area contributed by atoms with E-state index in [9.17, 15) is 20.1 Å². The number of allylic oxidation sites excluding steroid dienone is 3. The van der Waals surface area contributed by atoms with Crippen LogP contribution in [0.15, 0.2) is 36.5 Å². The van der Waals surface area contributed by atoms with Gasteiger partial charge in [0.15, 0.2) is 5.78 Å². The number of rotatable bonds is 1. The van der Waals surface area contributed by atoms with Gasteiger partial charge in [-0.1, -0.05) is 45.9 Å². The van der Waals surface area contributed by atoms with E-state index in [0.717, 1.165) is 0 Å². The van der Waals surface area contributed by atoms with E-state index in [2.05, 4.69) is 6.58 Å². The van der Waals surface area contributed by atoms with Gasteiger partial charge >= 0.3 is 0 Å². The minimum absolute atomic E-state index is 0.0843. The minimum Gasteiger partial charge on any atom is -0.390 e. The molecule has 0 radical (unpaired) electrons. The lowest BCUT2D eigenvalue weighted by Gasteiger charge is -2.63. The smallest absolute Gasteiger partial charge is 0.161 e. The second-order valence-electron chi connectivity index (χ2n) is 8.78. The monoisotopic (exact) mass is 332 g/mol. The summed E-state index contributed by atoms with van der Waals surface area (Å²) in [6, 6.07) is 0. The summed E-state index contributed by atoms with van der Waals surface area (Å²) in [5.74, 6) is -0.647. The lowest BCUT2D eigenvalue weighted by molar-refractivity contribution is -0.193. The largest absolute Gasteiger partial charge is 0.390 e. The van der Waals surface area contributed by atoms with Crippen LogP contribution in [0.5, 0.6) is 0 Å². The number of fused-ring (bicyclic) bond motifs is 3. The molecule has 0 aromatic carbocycles. The maximum absolute atomic E-state index is 12.4. The second-order valence-corrected chi connectivity index (χ2v) is 8.78. The highest BCUT2D eigenvalue weighted by molar-refractivity contribution is 5.96. The summed E-state index contributed by atoms with van der Waals surface area (Å²) in [5, 5.41) is 33.3. The van der Waals surface area contributed by atoms with Crippen LogP contribution in [-0.2, 0) is 4.79 Å². The molecule has 0 unspecified atom stereocenters. The molecule has 3 aliphatic rings. The molecule has 0 aliphatic heterocycles. The van der Waals surface area contributed by atoms with Crippen molar-refractivity contribution in [1.82, 2.24) is 0 Å². The third-order valence-corrected chi connectivity index (χ3v) is 6.97. The topological polar surface area (TPSA) is 77.8 Å². The molecular formula is C20H28O4. The molecule has 4 heteroatoms. The zero-order chi connectivity index (χ0) is 18.1. The second kappa shape index (κ2) is 4.90. The van der Waals surface area contributed by atoms with E-state index in [1.165, 1.54) is 6.08 Å². The van der Waals surface area contributed by atoms with Gasteiger partial charge in [0.1, 0.15) is 6.10 Å². The van der Waals surface area contributed by atoms with Crippen LogP contribution in [0.25, 0.3) is 0 Å². The van der Waals surface area contributed by atoms with Crippen molar-refractivity contribution in [1.29, 1.82) is 0 Å². The number of aliphatic hydroxyl groups excluding tert-OH is 2. The first-order valence-corrected chi connectivity index (χ1v) is 8.62. The van der Waals surface area contributed by atoms with Gasteiger partial charge in [0, 0.05) is 22.2 Å². The molecule has 6 atom stereocenters. The van der Waals surface area contributed by atoms with Crippen molar-refractivity contribution >= 4 is 5.78 Å². The molecule has 3 rings (SSSR count). The molecule has 3 N–H and O–H groups in total. The summed E-state index contributed by atoms with van der Waals surface area (Å²) in [4.78, 5) is 12.4. The molecule has 3 aliphatic carbocycles. The summed E-state index contributed by atoms with van der Waals surface area (Å²) in [7, 11) is 0. The first kappa shape index (κ1) is 17.6. The lowest BCUT2D eigenvalue weighted by atomic mass is 9.44. The van der Waals surface area contributed by atoms with E-state index in [0.29, 0.717) is 18.4 Å². The first-order chi connectivity index (χ1) is 10.9. The summed E-state index contributed by atoms with van der Waals surface area (Å²) in [6.45, 7) is 11.3. The average Bonchev–Trinajstić information content (AvgIpc) is 2.52. The highest BCUT2D eigenvalue weighted by Crippen LogP contribution is 2.62. The van der Waals surface area contributed by atoms with E-state index >= 15 is 0 Å². The summed E-state index contributed by atoms with van der Waals surface area (Å²) < 4.78 is 0. The first-order valence-electron chi connectivity index (χ1n) is 8.62. The van der Waals surface area contributed by atoms with Crippen LogP contribution < -0.4 is 0 Å². The van der Waals surface area contributed by atoms with Crippen LogP contribution in [0.3, 0.4) is 0 Å². The number of ketones is 1. The maximum atomic E-state index is 12.4. The van der Waals surface area contributed by atoms with Gasteiger partial charge in [-0.05, 0) is 24.5 Å².